The molecule has 1 aromatic rings. The van der Waals surface area contributed by atoms with E-state index in [1.807, 2.05) is 36.4 Å². The van der Waals surface area contributed by atoms with Crippen LogP contribution in [-0.4, -0.2) is 19.0 Å². The topological polar surface area (TPSA) is 69.4 Å². The highest BCUT2D eigenvalue weighted by Gasteiger charge is 1.95. The molecule has 0 bridgehead atoms. The van der Waals surface area contributed by atoms with Crippen molar-refractivity contribution in [1.29, 1.82) is 0 Å². The minimum Gasteiger partial charge on any atom is -0.466 e. The molecular formula is C18H25NO3. The molecule has 1 rings (SSSR count). The average Bonchev–Trinajstić information content (AvgIpc) is 2.54. The molecule has 1 aromatic carbocycles. The lowest BCUT2D eigenvalue weighted by molar-refractivity contribution is -0.136. The minimum atomic E-state index is -0.347. The number of hydrogen-bond donors (Lipinski definition) is 1. The maximum Gasteiger partial charge on any atom is 0.332 e. The number of methoxy groups -OCH3 is 1. The van der Waals surface area contributed by atoms with E-state index < -0.39 is 0 Å². The predicted molar refractivity (Wildman–Crippen MR) is 92.0 cm³/mol. The van der Waals surface area contributed by atoms with Gasteiger partial charge in [-0.1, -0.05) is 55.6 Å². The maximum absolute atomic E-state index is 10.2. The largest absolute Gasteiger partial charge is 0.466 e. The Bertz CT molecular complexity index is 516. The van der Waals surface area contributed by atoms with Crippen LogP contribution in [0.4, 0.5) is 0 Å². The Kier molecular flexibility index (Phi) is 13.2. The first-order chi connectivity index (χ1) is 10.3. The molecule has 0 radical (unpaired) electrons. The molecule has 0 saturated heterocycles. The van der Waals surface area contributed by atoms with Gasteiger partial charge in [0.05, 0.1) is 7.11 Å². The maximum atomic E-state index is 10.2. The summed E-state index contributed by atoms with van der Waals surface area (Å²) in [7, 11) is 1.33. The van der Waals surface area contributed by atoms with E-state index >= 15 is 0 Å². The van der Waals surface area contributed by atoms with Crippen LogP contribution in [0, 0.1) is 0 Å². The highest BCUT2D eigenvalue weighted by Crippen LogP contribution is 1.97. The first-order valence-corrected chi connectivity index (χ1v) is 6.64. The summed E-state index contributed by atoms with van der Waals surface area (Å²) in [6.45, 7) is 12.0. The first kappa shape index (κ1) is 21.7. The van der Waals surface area contributed by atoms with Crippen LogP contribution < -0.4 is 5.73 Å². The molecule has 1 amide bonds. The Morgan fingerprint density at radius 3 is 1.82 bits per heavy atom. The lowest BCUT2D eigenvalue weighted by atomic mass is 10.2. The number of primary amides is 1. The molecule has 2 N–H and O–H groups in total. The van der Waals surface area contributed by atoms with Crippen molar-refractivity contribution in [2.45, 2.75) is 20.8 Å². The van der Waals surface area contributed by atoms with E-state index in [4.69, 9.17) is 5.73 Å². The molecule has 120 valence electrons. The van der Waals surface area contributed by atoms with Gasteiger partial charge in [0, 0.05) is 11.1 Å². The number of rotatable bonds is 3. The van der Waals surface area contributed by atoms with Gasteiger partial charge < -0.3 is 10.5 Å². The van der Waals surface area contributed by atoms with Crippen LogP contribution >= 0.6 is 0 Å². The van der Waals surface area contributed by atoms with Crippen molar-refractivity contribution in [3.63, 3.8) is 0 Å². The van der Waals surface area contributed by atoms with Crippen molar-refractivity contribution >= 4 is 18.0 Å². The zero-order chi connectivity index (χ0) is 17.5. The quantitative estimate of drug-likeness (QED) is 0.686. The second-order valence-electron chi connectivity index (χ2n) is 4.22. The van der Waals surface area contributed by atoms with Crippen molar-refractivity contribution in [1.82, 2.24) is 0 Å². The van der Waals surface area contributed by atoms with E-state index in [9.17, 15) is 9.59 Å². The number of carbonyl (C=O) groups excluding carboxylic acids is 2. The van der Waals surface area contributed by atoms with E-state index in [1.165, 1.54) is 12.7 Å². The number of benzene rings is 1. The lowest BCUT2D eigenvalue weighted by Gasteiger charge is -1.91. The normalized spacial score (nSPS) is 9.18. The number of hydrogen-bond acceptors (Lipinski definition) is 3. The molecule has 0 atom stereocenters. The second kappa shape index (κ2) is 13.4. The Morgan fingerprint density at radius 2 is 1.68 bits per heavy atom. The van der Waals surface area contributed by atoms with Crippen molar-refractivity contribution in [3.05, 3.63) is 66.3 Å². The third-order valence-electron chi connectivity index (χ3n) is 2.39. The smallest absolute Gasteiger partial charge is 0.332 e. The molecular weight excluding hydrogens is 278 g/mol. The van der Waals surface area contributed by atoms with E-state index in [0.717, 1.165) is 0 Å². The summed E-state index contributed by atoms with van der Waals surface area (Å²) in [5.74, 6) is -0.692. The van der Waals surface area contributed by atoms with Gasteiger partial charge in [0.1, 0.15) is 0 Å². The fourth-order valence-electron chi connectivity index (χ4n) is 0.906. The number of esters is 1. The monoisotopic (exact) mass is 303 g/mol. The van der Waals surface area contributed by atoms with Crippen LogP contribution in [0.3, 0.4) is 0 Å². The highest BCUT2D eigenvalue weighted by atomic mass is 16.5. The Hall–Kier alpha value is -2.62. The van der Waals surface area contributed by atoms with Gasteiger partial charge in [0.2, 0.25) is 5.91 Å². The Labute approximate surface area is 133 Å². The third kappa shape index (κ3) is 12.4. The number of nitrogens with two attached hydrogens (primary N) is 1. The van der Waals surface area contributed by atoms with E-state index in [-0.39, 0.29) is 11.9 Å². The molecule has 0 aromatic heterocycles. The van der Waals surface area contributed by atoms with E-state index in [0.29, 0.717) is 11.1 Å². The average molecular weight is 303 g/mol. The second-order valence-corrected chi connectivity index (χ2v) is 4.22. The van der Waals surface area contributed by atoms with Gasteiger partial charge in [0.15, 0.2) is 0 Å². The summed E-state index contributed by atoms with van der Waals surface area (Å²) in [4.78, 5) is 20.3. The Balaban J connectivity index is 0. The summed E-state index contributed by atoms with van der Waals surface area (Å²) >= 11 is 0. The summed E-state index contributed by atoms with van der Waals surface area (Å²) in [6.07, 6.45) is 3.52. The fourth-order valence-corrected chi connectivity index (χ4v) is 0.906. The van der Waals surface area contributed by atoms with Gasteiger partial charge in [-0.15, -0.1) is 0 Å². The van der Waals surface area contributed by atoms with Gasteiger partial charge >= 0.3 is 5.97 Å². The molecule has 0 heterocycles. The first-order valence-electron chi connectivity index (χ1n) is 6.64. The summed E-state index contributed by atoms with van der Waals surface area (Å²) in [5, 5.41) is 0. The van der Waals surface area contributed by atoms with Gasteiger partial charge in [-0.3, -0.25) is 4.79 Å². The highest BCUT2D eigenvalue weighted by molar-refractivity contribution is 5.91. The van der Waals surface area contributed by atoms with Crippen molar-refractivity contribution in [2.75, 3.05) is 7.11 Å². The number of amides is 1. The van der Waals surface area contributed by atoms with Crippen LogP contribution in [-0.2, 0) is 14.3 Å². The molecule has 0 unspecified atom stereocenters. The predicted octanol–water partition coefficient (Wildman–Crippen LogP) is 3.50. The van der Waals surface area contributed by atoms with Crippen molar-refractivity contribution in [3.8, 4) is 0 Å². The SMILES string of the molecule is C/C=C(\C)C(N)=O.C=C(C)C(=O)OC.C=Cc1ccccc1. The van der Waals surface area contributed by atoms with E-state index in [1.54, 1.807) is 26.8 Å². The van der Waals surface area contributed by atoms with E-state index in [2.05, 4.69) is 17.9 Å². The molecule has 0 spiro atoms. The standard InChI is InChI=1S/C8H8.C5H9NO.C5H8O2/c1-2-8-6-4-3-5-7-8;1-3-4(2)5(6)7;1-4(2)5(6)7-3/h2-7H,1H2;3H,1-2H3,(H2,6,7);1H2,2-3H3/b;4-3+;. The van der Waals surface area contributed by atoms with Crippen LogP contribution in [0.15, 0.2) is 60.7 Å². The van der Waals surface area contributed by atoms with Crippen molar-refractivity contribution in [2.24, 2.45) is 5.73 Å². The fraction of sp³-hybridized carbons (Fsp3) is 0.222. The molecule has 0 saturated carbocycles. The number of carbonyl (C=O) groups is 2. The third-order valence-corrected chi connectivity index (χ3v) is 2.39. The number of allylic oxidation sites excluding steroid dienone is 1. The molecule has 0 aliphatic heterocycles. The van der Waals surface area contributed by atoms with Crippen LogP contribution in [0.2, 0.25) is 0 Å². The molecule has 22 heavy (non-hydrogen) atoms. The summed E-state index contributed by atoms with van der Waals surface area (Å²) < 4.78 is 4.27. The molecule has 0 aliphatic carbocycles. The number of ether oxygens (including phenoxy) is 1. The van der Waals surface area contributed by atoms with Crippen LogP contribution in [0.25, 0.3) is 6.08 Å². The zero-order valence-corrected chi connectivity index (χ0v) is 13.8. The Morgan fingerprint density at radius 1 is 1.18 bits per heavy atom. The van der Waals surface area contributed by atoms with Crippen molar-refractivity contribution < 1.29 is 14.3 Å². The molecule has 4 heteroatoms. The van der Waals surface area contributed by atoms with Gasteiger partial charge in [-0.2, -0.15) is 0 Å². The summed E-state index contributed by atoms with van der Waals surface area (Å²) in [5.41, 5.74) is 7.06. The lowest BCUT2D eigenvalue weighted by Crippen LogP contribution is -2.10. The summed E-state index contributed by atoms with van der Waals surface area (Å²) in [6, 6.07) is 10.0. The molecule has 0 fully saturated rings. The van der Waals surface area contributed by atoms with Crippen LogP contribution in [0.1, 0.15) is 26.3 Å². The molecule has 0 aliphatic rings. The van der Waals surface area contributed by atoms with Gasteiger partial charge in [-0.05, 0) is 26.3 Å². The zero-order valence-electron chi connectivity index (χ0n) is 13.8. The minimum absolute atomic E-state index is 0.345. The van der Waals surface area contributed by atoms with Gasteiger partial charge in [0.25, 0.3) is 0 Å². The van der Waals surface area contributed by atoms with Crippen LogP contribution in [0.5, 0.6) is 0 Å². The van der Waals surface area contributed by atoms with Gasteiger partial charge in [-0.25, -0.2) is 4.79 Å². The molecule has 4 nitrogen and oxygen atoms in total.